The van der Waals surface area contributed by atoms with Crippen LogP contribution in [-0.2, 0) is 4.79 Å². The molecule has 0 aromatic heterocycles. The lowest BCUT2D eigenvalue weighted by molar-refractivity contribution is -0.140. The highest BCUT2D eigenvalue weighted by atomic mass is 35.5. The minimum Gasteiger partial charge on any atom is -0.485 e. The fourth-order valence-electron chi connectivity index (χ4n) is 3.32. The molecule has 2 fully saturated rings. The Morgan fingerprint density at radius 1 is 1.33 bits per heavy atom. The minimum absolute atomic E-state index is 0.0510. The molecule has 5 nitrogen and oxygen atoms in total. The molecular formula is C18H26ClN3O2. The maximum absolute atomic E-state index is 12.3. The van der Waals surface area contributed by atoms with E-state index in [0.29, 0.717) is 36.3 Å². The van der Waals surface area contributed by atoms with Crippen LogP contribution in [0, 0.1) is 0 Å². The Balaban J connectivity index is 1.37. The SMILES string of the molecule is CN1CC[C@@H](N(C)CCC(=O)N2CC(Oc3ccccc3Cl)C2)C1. The zero-order valence-electron chi connectivity index (χ0n) is 14.4. The second kappa shape index (κ2) is 7.72. The molecule has 1 amide bonds. The zero-order valence-corrected chi connectivity index (χ0v) is 15.2. The number of likely N-dealkylation sites (N-methyl/N-ethyl adjacent to an activating group) is 2. The van der Waals surface area contributed by atoms with Crippen molar-refractivity contribution in [1.82, 2.24) is 14.7 Å². The first kappa shape index (κ1) is 17.5. The van der Waals surface area contributed by atoms with Gasteiger partial charge in [-0.3, -0.25) is 4.79 Å². The van der Waals surface area contributed by atoms with Crippen molar-refractivity contribution in [2.24, 2.45) is 0 Å². The van der Waals surface area contributed by atoms with Crippen molar-refractivity contribution in [3.8, 4) is 5.75 Å². The largest absolute Gasteiger partial charge is 0.485 e. The highest BCUT2D eigenvalue weighted by Crippen LogP contribution is 2.26. The van der Waals surface area contributed by atoms with E-state index in [1.54, 1.807) is 0 Å². The molecule has 0 bridgehead atoms. The van der Waals surface area contributed by atoms with Gasteiger partial charge in [-0.25, -0.2) is 0 Å². The Hall–Kier alpha value is -1.30. The lowest BCUT2D eigenvalue weighted by atomic mass is 10.1. The molecule has 24 heavy (non-hydrogen) atoms. The average Bonchev–Trinajstić information content (AvgIpc) is 2.96. The Morgan fingerprint density at radius 3 is 2.75 bits per heavy atom. The number of carbonyl (C=O) groups is 1. The molecule has 2 saturated heterocycles. The molecule has 0 unspecified atom stereocenters. The fourth-order valence-corrected chi connectivity index (χ4v) is 3.50. The van der Waals surface area contributed by atoms with Gasteiger partial charge >= 0.3 is 0 Å². The highest BCUT2D eigenvalue weighted by Gasteiger charge is 2.32. The molecule has 6 heteroatoms. The number of benzene rings is 1. The standard InChI is InChI=1S/C18H26ClN3O2/c1-20-9-7-14(11-20)21(2)10-8-18(23)22-12-15(13-22)24-17-6-4-3-5-16(17)19/h3-6,14-15H,7-13H2,1-2H3/t14-/m1/s1. The van der Waals surface area contributed by atoms with Crippen LogP contribution >= 0.6 is 11.6 Å². The Kier molecular flexibility index (Phi) is 5.64. The summed E-state index contributed by atoms with van der Waals surface area (Å²) in [5.41, 5.74) is 0. The summed E-state index contributed by atoms with van der Waals surface area (Å²) in [4.78, 5) is 18.8. The molecule has 0 saturated carbocycles. The second-order valence-electron chi connectivity index (χ2n) is 6.90. The first-order valence-electron chi connectivity index (χ1n) is 8.60. The maximum atomic E-state index is 12.3. The molecule has 1 aromatic rings. The van der Waals surface area contributed by atoms with E-state index in [4.69, 9.17) is 16.3 Å². The van der Waals surface area contributed by atoms with Crippen LogP contribution in [-0.4, -0.2) is 79.6 Å². The van der Waals surface area contributed by atoms with Crippen LogP contribution in [0.1, 0.15) is 12.8 Å². The van der Waals surface area contributed by atoms with Crippen LogP contribution in [0.15, 0.2) is 24.3 Å². The van der Waals surface area contributed by atoms with Gasteiger partial charge in [0.2, 0.25) is 5.91 Å². The van der Waals surface area contributed by atoms with E-state index in [9.17, 15) is 4.79 Å². The second-order valence-corrected chi connectivity index (χ2v) is 7.31. The van der Waals surface area contributed by atoms with E-state index in [1.807, 2.05) is 29.2 Å². The Labute approximate surface area is 149 Å². The van der Waals surface area contributed by atoms with Crippen molar-refractivity contribution in [3.05, 3.63) is 29.3 Å². The summed E-state index contributed by atoms with van der Waals surface area (Å²) in [5, 5.41) is 0.616. The van der Waals surface area contributed by atoms with Gasteiger partial charge in [0.1, 0.15) is 11.9 Å². The third kappa shape index (κ3) is 4.21. The van der Waals surface area contributed by atoms with E-state index in [-0.39, 0.29) is 12.0 Å². The third-order valence-electron chi connectivity index (χ3n) is 5.00. The van der Waals surface area contributed by atoms with E-state index in [1.165, 1.54) is 6.42 Å². The van der Waals surface area contributed by atoms with E-state index in [0.717, 1.165) is 19.6 Å². The third-order valence-corrected chi connectivity index (χ3v) is 5.31. The number of nitrogens with zero attached hydrogens (tertiary/aromatic N) is 3. The molecule has 0 aliphatic carbocycles. The number of hydrogen-bond donors (Lipinski definition) is 0. The number of likely N-dealkylation sites (tertiary alicyclic amines) is 2. The first-order chi connectivity index (χ1) is 11.5. The Morgan fingerprint density at radius 2 is 2.08 bits per heavy atom. The van der Waals surface area contributed by atoms with Gasteiger partial charge < -0.3 is 19.4 Å². The molecule has 0 spiro atoms. The quantitative estimate of drug-likeness (QED) is 0.785. The number of para-hydroxylation sites is 1. The molecule has 0 radical (unpaired) electrons. The highest BCUT2D eigenvalue weighted by molar-refractivity contribution is 6.32. The van der Waals surface area contributed by atoms with Crippen LogP contribution in [0.2, 0.25) is 5.02 Å². The van der Waals surface area contributed by atoms with E-state index in [2.05, 4.69) is 23.9 Å². The normalized spacial score (nSPS) is 22.0. The molecule has 2 heterocycles. The maximum Gasteiger partial charge on any atom is 0.224 e. The van der Waals surface area contributed by atoms with Gasteiger partial charge in [0, 0.05) is 25.6 Å². The van der Waals surface area contributed by atoms with Crippen LogP contribution in [0.5, 0.6) is 5.75 Å². The summed E-state index contributed by atoms with van der Waals surface area (Å²) in [6, 6.07) is 8.04. The van der Waals surface area contributed by atoms with Crippen molar-refractivity contribution in [2.75, 3.05) is 46.8 Å². The van der Waals surface area contributed by atoms with Gasteiger partial charge in [0.15, 0.2) is 0 Å². The lowest BCUT2D eigenvalue weighted by Crippen LogP contribution is -2.56. The smallest absolute Gasteiger partial charge is 0.224 e. The Bertz CT molecular complexity index is 577. The summed E-state index contributed by atoms with van der Waals surface area (Å²) in [6.45, 7) is 4.38. The molecule has 2 aliphatic heterocycles. The summed E-state index contributed by atoms with van der Waals surface area (Å²) in [7, 11) is 4.27. The predicted octanol–water partition coefficient (Wildman–Crippen LogP) is 1.96. The fraction of sp³-hybridized carbons (Fsp3) is 0.611. The number of rotatable bonds is 6. The van der Waals surface area contributed by atoms with Crippen molar-refractivity contribution >= 4 is 17.5 Å². The predicted molar refractivity (Wildman–Crippen MR) is 95.6 cm³/mol. The zero-order chi connectivity index (χ0) is 17.1. The topological polar surface area (TPSA) is 36.0 Å². The number of ether oxygens (including phenoxy) is 1. The lowest BCUT2D eigenvalue weighted by Gasteiger charge is -2.39. The molecule has 3 rings (SSSR count). The van der Waals surface area contributed by atoms with Gasteiger partial charge in [-0.15, -0.1) is 0 Å². The van der Waals surface area contributed by atoms with Crippen molar-refractivity contribution < 1.29 is 9.53 Å². The average molecular weight is 352 g/mol. The first-order valence-corrected chi connectivity index (χ1v) is 8.98. The summed E-state index contributed by atoms with van der Waals surface area (Å²) >= 11 is 6.09. The van der Waals surface area contributed by atoms with Crippen LogP contribution in [0.3, 0.4) is 0 Å². The number of amides is 1. The van der Waals surface area contributed by atoms with Crippen LogP contribution in [0.4, 0.5) is 0 Å². The number of halogens is 1. The number of carbonyl (C=O) groups excluding carboxylic acids is 1. The van der Waals surface area contributed by atoms with E-state index >= 15 is 0 Å². The molecule has 132 valence electrons. The molecule has 0 N–H and O–H groups in total. The van der Waals surface area contributed by atoms with Gasteiger partial charge in [0.05, 0.1) is 18.1 Å². The van der Waals surface area contributed by atoms with Crippen molar-refractivity contribution in [3.63, 3.8) is 0 Å². The number of hydrogen-bond acceptors (Lipinski definition) is 4. The van der Waals surface area contributed by atoms with E-state index < -0.39 is 0 Å². The van der Waals surface area contributed by atoms with Gasteiger partial charge in [-0.1, -0.05) is 23.7 Å². The molecule has 1 aromatic carbocycles. The van der Waals surface area contributed by atoms with Gasteiger partial charge in [0.25, 0.3) is 0 Å². The van der Waals surface area contributed by atoms with Crippen molar-refractivity contribution in [1.29, 1.82) is 0 Å². The summed E-state index contributed by atoms with van der Waals surface area (Å²) in [6.07, 6.45) is 1.82. The van der Waals surface area contributed by atoms with Gasteiger partial charge in [-0.05, 0) is 39.2 Å². The van der Waals surface area contributed by atoms with Gasteiger partial charge in [-0.2, -0.15) is 0 Å². The summed E-state index contributed by atoms with van der Waals surface area (Å²) in [5.74, 6) is 0.911. The monoisotopic (exact) mass is 351 g/mol. The molecule has 1 atom stereocenters. The van der Waals surface area contributed by atoms with Crippen LogP contribution in [0.25, 0.3) is 0 Å². The van der Waals surface area contributed by atoms with Crippen LogP contribution < -0.4 is 4.74 Å². The summed E-state index contributed by atoms with van der Waals surface area (Å²) < 4.78 is 5.84. The molecular weight excluding hydrogens is 326 g/mol. The molecule has 2 aliphatic rings. The minimum atomic E-state index is 0.0510. The van der Waals surface area contributed by atoms with Crippen molar-refractivity contribution in [2.45, 2.75) is 25.0 Å².